The molecule has 1 aliphatic carbocycles. The highest BCUT2D eigenvalue weighted by atomic mass is 16.6. The molecule has 1 unspecified atom stereocenters. The number of carbonyl (C=O) groups excluding carboxylic acids is 3. The number of hydrogen-bond acceptors (Lipinski definition) is 5. The lowest BCUT2D eigenvalue weighted by Crippen LogP contribution is -2.52. The highest BCUT2D eigenvalue weighted by molar-refractivity contribution is 5.93. The predicted molar refractivity (Wildman–Crippen MR) is 70.7 cm³/mol. The van der Waals surface area contributed by atoms with Gasteiger partial charge < -0.3 is 20.1 Å². The largest absolute Gasteiger partial charge is 0.444 e. The van der Waals surface area contributed by atoms with Gasteiger partial charge in [0.15, 0.2) is 6.23 Å². The first-order valence-electron chi connectivity index (χ1n) is 6.53. The van der Waals surface area contributed by atoms with E-state index in [0.29, 0.717) is 12.8 Å². The van der Waals surface area contributed by atoms with Crippen LogP contribution in [0.1, 0.15) is 47.5 Å². The van der Waals surface area contributed by atoms with Gasteiger partial charge in [-0.05, 0) is 40.5 Å². The highest BCUT2D eigenvalue weighted by Crippen LogP contribution is 2.36. The molecule has 0 aromatic carbocycles. The van der Waals surface area contributed by atoms with E-state index in [9.17, 15) is 14.4 Å². The molecule has 1 saturated carbocycles. The summed E-state index contributed by atoms with van der Waals surface area (Å²) < 4.78 is 9.93. The van der Waals surface area contributed by atoms with Gasteiger partial charge in [-0.25, -0.2) is 4.79 Å². The molecule has 7 heteroatoms. The third kappa shape index (κ3) is 5.07. The van der Waals surface area contributed by atoms with E-state index in [1.807, 2.05) is 0 Å². The molecule has 0 heterocycles. The Labute approximate surface area is 118 Å². The van der Waals surface area contributed by atoms with E-state index in [2.05, 4.69) is 10.6 Å². The Hall–Kier alpha value is -1.79. The number of amides is 2. The molecule has 0 spiro atoms. The van der Waals surface area contributed by atoms with Gasteiger partial charge in [0.2, 0.25) is 5.91 Å². The van der Waals surface area contributed by atoms with Crippen LogP contribution in [0.15, 0.2) is 0 Å². The van der Waals surface area contributed by atoms with Crippen molar-refractivity contribution in [3.8, 4) is 0 Å². The van der Waals surface area contributed by atoms with Gasteiger partial charge in [-0.3, -0.25) is 9.59 Å². The summed E-state index contributed by atoms with van der Waals surface area (Å²) in [6, 6.07) is 0. The van der Waals surface area contributed by atoms with Gasteiger partial charge in [-0.2, -0.15) is 0 Å². The summed E-state index contributed by atoms with van der Waals surface area (Å²) in [5.41, 5.74) is -1.57. The van der Waals surface area contributed by atoms with E-state index < -0.39 is 29.4 Å². The van der Waals surface area contributed by atoms with Crippen LogP contribution in [0, 0.1) is 0 Å². The molecule has 0 aromatic heterocycles. The van der Waals surface area contributed by atoms with Crippen molar-refractivity contribution in [3.05, 3.63) is 0 Å². The molecule has 1 rings (SSSR count). The van der Waals surface area contributed by atoms with Crippen LogP contribution >= 0.6 is 0 Å². The van der Waals surface area contributed by atoms with Crippen LogP contribution in [0.2, 0.25) is 0 Å². The first-order valence-corrected chi connectivity index (χ1v) is 6.53. The minimum atomic E-state index is -0.948. The molecule has 2 N–H and O–H groups in total. The van der Waals surface area contributed by atoms with Crippen LogP contribution in [0.3, 0.4) is 0 Å². The maximum absolute atomic E-state index is 12.0. The van der Waals surface area contributed by atoms with Gasteiger partial charge in [0.25, 0.3) is 0 Å². The maximum Gasteiger partial charge on any atom is 0.408 e. The fraction of sp³-hybridized carbons (Fsp3) is 0.769. The van der Waals surface area contributed by atoms with E-state index in [1.54, 1.807) is 27.7 Å². The summed E-state index contributed by atoms with van der Waals surface area (Å²) >= 11 is 0. The zero-order valence-electron chi connectivity index (χ0n) is 12.5. The van der Waals surface area contributed by atoms with E-state index in [-0.39, 0.29) is 5.91 Å². The second-order valence-electron chi connectivity index (χ2n) is 5.93. The Morgan fingerprint density at radius 3 is 2.15 bits per heavy atom. The number of ether oxygens (including phenoxy) is 2. The van der Waals surface area contributed by atoms with Crippen LogP contribution < -0.4 is 10.6 Å². The monoisotopic (exact) mass is 286 g/mol. The number of alkyl carbamates (subject to hydrolysis) is 1. The zero-order chi connectivity index (χ0) is 15.6. The second-order valence-corrected chi connectivity index (χ2v) is 5.93. The van der Waals surface area contributed by atoms with E-state index in [1.165, 1.54) is 6.92 Å². The average Bonchev–Trinajstić information content (AvgIpc) is 2.93. The molecule has 1 aliphatic rings. The molecule has 114 valence electrons. The summed E-state index contributed by atoms with van der Waals surface area (Å²) in [5.74, 6) is -0.861. The summed E-state index contributed by atoms with van der Waals surface area (Å²) in [6.07, 6.45) is -0.307. The van der Waals surface area contributed by atoms with Crippen molar-refractivity contribution in [3.63, 3.8) is 0 Å². The Bertz CT molecular complexity index is 409. The van der Waals surface area contributed by atoms with E-state index >= 15 is 0 Å². The van der Waals surface area contributed by atoms with Crippen LogP contribution in [0.4, 0.5) is 4.79 Å². The zero-order valence-corrected chi connectivity index (χ0v) is 12.5. The fourth-order valence-corrected chi connectivity index (χ4v) is 1.63. The number of rotatable bonds is 4. The molecule has 0 aromatic rings. The van der Waals surface area contributed by atoms with Crippen molar-refractivity contribution in [2.45, 2.75) is 64.8 Å². The number of esters is 1. The molecule has 7 nitrogen and oxygen atoms in total. The standard InChI is InChI=1S/C13H22N2O5/c1-8(19-9(2)16)14-10(17)13(6-7-13)15-11(18)20-12(3,4)5/h8H,6-7H2,1-5H3,(H,14,17)(H,15,18). The van der Waals surface area contributed by atoms with Crippen molar-refractivity contribution in [2.24, 2.45) is 0 Å². The normalized spacial score (nSPS) is 17.6. The van der Waals surface area contributed by atoms with Crippen molar-refractivity contribution in [1.82, 2.24) is 10.6 Å². The lowest BCUT2D eigenvalue weighted by molar-refractivity contribution is -0.149. The van der Waals surface area contributed by atoms with Gasteiger partial charge in [0.05, 0.1) is 0 Å². The van der Waals surface area contributed by atoms with Gasteiger partial charge in [-0.15, -0.1) is 0 Å². The lowest BCUT2D eigenvalue weighted by Gasteiger charge is -2.24. The van der Waals surface area contributed by atoms with E-state index in [0.717, 1.165) is 0 Å². The fourth-order valence-electron chi connectivity index (χ4n) is 1.63. The minimum absolute atomic E-state index is 0.378. The maximum atomic E-state index is 12.0. The first kappa shape index (κ1) is 16.3. The lowest BCUT2D eigenvalue weighted by atomic mass is 10.2. The van der Waals surface area contributed by atoms with E-state index in [4.69, 9.17) is 9.47 Å². The summed E-state index contributed by atoms with van der Waals surface area (Å²) in [4.78, 5) is 34.5. The predicted octanol–water partition coefficient (Wildman–Crippen LogP) is 1.07. The Morgan fingerprint density at radius 1 is 1.20 bits per heavy atom. The molecule has 1 fully saturated rings. The van der Waals surface area contributed by atoms with Crippen molar-refractivity contribution in [1.29, 1.82) is 0 Å². The second kappa shape index (κ2) is 5.68. The number of carbonyl (C=O) groups is 3. The average molecular weight is 286 g/mol. The molecule has 0 saturated heterocycles. The summed E-state index contributed by atoms with van der Waals surface area (Å²) in [5, 5.41) is 5.10. The molecule has 0 bridgehead atoms. The van der Waals surface area contributed by atoms with Crippen molar-refractivity contribution in [2.75, 3.05) is 0 Å². The molecule has 0 radical (unpaired) electrons. The first-order chi connectivity index (χ1) is 9.04. The summed E-state index contributed by atoms with van der Waals surface area (Å²) in [6.45, 7) is 8.04. The summed E-state index contributed by atoms with van der Waals surface area (Å²) in [7, 11) is 0. The molecule has 20 heavy (non-hydrogen) atoms. The van der Waals surface area contributed by atoms with Gasteiger partial charge >= 0.3 is 12.1 Å². The third-order valence-corrected chi connectivity index (χ3v) is 2.60. The Morgan fingerprint density at radius 2 is 1.75 bits per heavy atom. The molecular weight excluding hydrogens is 264 g/mol. The Kier molecular flexibility index (Phi) is 4.62. The number of hydrogen-bond donors (Lipinski definition) is 2. The van der Waals surface area contributed by atoms with Crippen LogP contribution in [0.5, 0.6) is 0 Å². The van der Waals surface area contributed by atoms with Crippen molar-refractivity contribution >= 4 is 18.0 Å². The number of nitrogens with one attached hydrogen (secondary N) is 2. The van der Waals surface area contributed by atoms with Crippen LogP contribution in [-0.2, 0) is 19.1 Å². The minimum Gasteiger partial charge on any atom is -0.444 e. The quantitative estimate of drug-likeness (QED) is 0.595. The SMILES string of the molecule is CC(=O)OC(C)NC(=O)C1(NC(=O)OC(C)(C)C)CC1. The molecule has 2 amide bonds. The van der Waals surface area contributed by atoms with Gasteiger partial charge in [-0.1, -0.05) is 0 Å². The molecular formula is C13H22N2O5. The molecule has 1 atom stereocenters. The topological polar surface area (TPSA) is 93.7 Å². The molecule has 0 aliphatic heterocycles. The van der Waals surface area contributed by atoms with Gasteiger partial charge in [0.1, 0.15) is 11.1 Å². The van der Waals surface area contributed by atoms with Crippen LogP contribution in [-0.4, -0.2) is 35.3 Å². The van der Waals surface area contributed by atoms with Crippen LogP contribution in [0.25, 0.3) is 0 Å². The third-order valence-electron chi connectivity index (χ3n) is 2.60. The smallest absolute Gasteiger partial charge is 0.408 e. The Balaban J connectivity index is 2.51. The van der Waals surface area contributed by atoms with Crippen molar-refractivity contribution < 1.29 is 23.9 Å². The highest BCUT2D eigenvalue weighted by Gasteiger charge is 2.52. The van der Waals surface area contributed by atoms with Gasteiger partial charge in [0, 0.05) is 6.92 Å².